The zero-order valence-corrected chi connectivity index (χ0v) is 23.1. The van der Waals surface area contributed by atoms with E-state index in [1.54, 1.807) is 0 Å². The first-order valence-corrected chi connectivity index (χ1v) is 15.6. The van der Waals surface area contributed by atoms with E-state index in [2.05, 4.69) is 46.3 Å². The van der Waals surface area contributed by atoms with E-state index in [-0.39, 0.29) is 0 Å². The molecule has 38 heavy (non-hydrogen) atoms. The summed E-state index contributed by atoms with van der Waals surface area (Å²) >= 11 is 1.88. The molecule has 0 bridgehead atoms. The van der Waals surface area contributed by atoms with Crippen LogP contribution in [-0.2, 0) is 32.4 Å². The molecule has 1 saturated carbocycles. The quantitative estimate of drug-likeness (QED) is 0.249. The molecule has 0 saturated heterocycles. The number of thioether (sulfide) groups is 1. The van der Waals surface area contributed by atoms with Crippen LogP contribution in [0.3, 0.4) is 0 Å². The lowest BCUT2D eigenvalue weighted by molar-refractivity contribution is -0.121. The Bertz CT molecular complexity index is 1520. The molecule has 3 aromatic carbocycles. The van der Waals surface area contributed by atoms with Gasteiger partial charge in [0.05, 0.1) is 17.4 Å². The third kappa shape index (κ3) is 5.87. The molecular weight excluding hydrogens is 516 g/mol. The maximum absolute atomic E-state index is 12.5. The summed E-state index contributed by atoms with van der Waals surface area (Å²) in [6.07, 6.45) is 3.32. The van der Waals surface area contributed by atoms with Crippen LogP contribution >= 0.6 is 11.8 Å². The normalized spacial score (nSPS) is 14.3. The van der Waals surface area contributed by atoms with E-state index in [0.29, 0.717) is 12.8 Å². The third-order valence-electron chi connectivity index (χ3n) is 6.99. The Kier molecular flexibility index (Phi) is 7.45. The second-order valence-corrected chi connectivity index (χ2v) is 12.7. The summed E-state index contributed by atoms with van der Waals surface area (Å²) in [5.74, 6) is 2.23. The number of hydrogen-bond acceptors (Lipinski definition) is 6. The highest BCUT2D eigenvalue weighted by Gasteiger charge is 2.52. The van der Waals surface area contributed by atoms with Crippen molar-refractivity contribution in [2.45, 2.75) is 37.4 Å². The first-order valence-electron chi connectivity index (χ1n) is 12.6. The molecule has 0 unspecified atom stereocenters. The molecule has 1 aliphatic rings. The van der Waals surface area contributed by atoms with Crippen molar-refractivity contribution in [3.05, 3.63) is 101 Å². The van der Waals surface area contributed by atoms with E-state index in [0.717, 1.165) is 63.5 Å². The molecule has 1 N–H and O–H groups in total. The minimum atomic E-state index is -3.59. The van der Waals surface area contributed by atoms with Gasteiger partial charge >= 0.3 is 0 Å². The van der Waals surface area contributed by atoms with E-state index in [1.165, 1.54) is 5.56 Å². The number of rotatable bonds is 10. The van der Waals surface area contributed by atoms with Crippen LogP contribution in [0.5, 0.6) is 0 Å². The molecule has 1 fully saturated rings. The topological polar surface area (TPSA) is 89.3 Å². The van der Waals surface area contributed by atoms with Crippen molar-refractivity contribution in [3.63, 3.8) is 0 Å². The largest absolute Gasteiger partial charge is 0.356 e. The van der Waals surface area contributed by atoms with Crippen LogP contribution < -0.4 is 4.72 Å². The van der Waals surface area contributed by atoms with E-state index in [9.17, 15) is 13.2 Å². The van der Waals surface area contributed by atoms with Crippen molar-refractivity contribution in [1.82, 2.24) is 9.88 Å². The second-order valence-electron chi connectivity index (χ2n) is 9.80. The highest BCUT2D eigenvalue weighted by atomic mass is 32.2. The smallest absolute Gasteiger partial charge is 0.244 e. The summed E-state index contributed by atoms with van der Waals surface area (Å²) in [4.78, 5) is 12.5. The number of carbonyl (C=O) groups is 1. The van der Waals surface area contributed by atoms with Gasteiger partial charge in [0, 0.05) is 16.9 Å². The van der Waals surface area contributed by atoms with Crippen molar-refractivity contribution in [1.29, 1.82) is 0 Å². The molecule has 1 heterocycles. The Hall–Kier alpha value is -3.36. The number of nitrogens with one attached hydrogen (secondary N) is 1. The predicted octanol–water partition coefficient (Wildman–Crippen LogP) is 5.90. The van der Waals surface area contributed by atoms with Crippen LogP contribution in [-0.4, -0.2) is 31.5 Å². The molecule has 8 heteroatoms. The summed E-state index contributed by atoms with van der Waals surface area (Å²) < 4.78 is 30.9. The fraction of sp³-hybridized carbons (Fsp3) is 0.267. The summed E-state index contributed by atoms with van der Waals surface area (Å²) in [5, 5.41) is 4.23. The lowest BCUT2D eigenvalue weighted by atomic mass is 9.93. The third-order valence-corrected chi connectivity index (χ3v) is 8.53. The number of nitrogens with zero attached hydrogens (tertiary/aromatic N) is 1. The SMILES string of the molecule is Cc1noc(-c2ccc(-c3ccc(C4(C(=O)NS(C)(=O)=O)CC4)cc3)cc2)c1CSCCc1ccccc1. The number of carbonyl (C=O) groups excluding carboxylic acids is 1. The molecule has 0 spiro atoms. The van der Waals surface area contributed by atoms with Gasteiger partial charge in [0.1, 0.15) is 0 Å². The minimum Gasteiger partial charge on any atom is -0.356 e. The van der Waals surface area contributed by atoms with Crippen LogP contribution in [0.15, 0.2) is 83.4 Å². The van der Waals surface area contributed by atoms with Crippen LogP contribution in [0.1, 0.15) is 35.2 Å². The number of sulfonamides is 1. The zero-order valence-electron chi connectivity index (χ0n) is 21.4. The van der Waals surface area contributed by atoms with Gasteiger partial charge < -0.3 is 4.52 Å². The molecule has 0 atom stereocenters. The summed E-state index contributed by atoms with van der Waals surface area (Å²) in [6, 6.07) is 26.5. The monoisotopic (exact) mass is 546 g/mol. The molecule has 4 aromatic rings. The fourth-order valence-corrected chi connectivity index (χ4v) is 6.23. The van der Waals surface area contributed by atoms with Gasteiger partial charge in [-0.05, 0) is 54.2 Å². The Balaban J connectivity index is 1.25. The van der Waals surface area contributed by atoms with Crippen LogP contribution in [0.2, 0.25) is 0 Å². The van der Waals surface area contributed by atoms with Crippen molar-refractivity contribution >= 4 is 27.7 Å². The highest BCUT2D eigenvalue weighted by molar-refractivity contribution is 7.98. The summed E-state index contributed by atoms with van der Waals surface area (Å²) in [6.45, 7) is 1.98. The van der Waals surface area contributed by atoms with Gasteiger partial charge in [-0.15, -0.1) is 0 Å². The molecule has 196 valence electrons. The molecular formula is C30H30N2O4S2. The van der Waals surface area contributed by atoms with Crippen molar-refractivity contribution in [2.24, 2.45) is 0 Å². The minimum absolute atomic E-state index is 0.450. The average molecular weight is 547 g/mol. The lowest BCUT2D eigenvalue weighted by Gasteiger charge is -2.15. The number of aryl methyl sites for hydroxylation is 2. The number of aromatic nitrogens is 1. The summed E-state index contributed by atoms with van der Waals surface area (Å²) in [5.41, 5.74) is 6.53. The van der Waals surface area contributed by atoms with Gasteiger partial charge in [-0.2, -0.15) is 11.8 Å². The average Bonchev–Trinajstić information content (AvgIpc) is 3.65. The van der Waals surface area contributed by atoms with Gasteiger partial charge in [0.25, 0.3) is 0 Å². The Morgan fingerprint density at radius 3 is 2.16 bits per heavy atom. The van der Waals surface area contributed by atoms with Crippen LogP contribution in [0.4, 0.5) is 0 Å². The van der Waals surface area contributed by atoms with E-state index in [1.807, 2.05) is 61.2 Å². The zero-order chi connectivity index (χ0) is 26.8. The molecule has 1 aromatic heterocycles. The molecule has 1 aliphatic carbocycles. The first kappa shape index (κ1) is 26.3. The highest BCUT2D eigenvalue weighted by Crippen LogP contribution is 2.48. The fourth-order valence-electron chi connectivity index (χ4n) is 4.63. The number of benzene rings is 3. The van der Waals surface area contributed by atoms with Gasteiger partial charge in [-0.1, -0.05) is 84.0 Å². The summed E-state index contributed by atoms with van der Waals surface area (Å²) in [7, 11) is -3.59. The number of amides is 1. The molecule has 6 nitrogen and oxygen atoms in total. The molecule has 0 aliphatic heterocycles. The van der Waals surface area contributed by atoms with Gasteiger partial charge in [-0.25, -0.2) is 8.42 Å². The Morgan fingerprint density at radius 1 is 0.947 bits per heavy atom. The van der Waals surface area contributed by atoms with E-state index >= 15 is 0 Å². The van der Waals surface area contributed by atoms with Crippen molar-refractivity contribution in [3.8, 4) is 22.5 Å². The molecule has 0 radical (unpaired) electrons. The van der Waals surface area contributed by atoms with Crippen molar-refractivity contribution < 1.29 is 17.7 Å². The van der Waals surface area contributed by atoms with Gasteiger partial charge in [0.2, 0.25) is 15.9 Å². The molecule has 5 rings (SSSR count). The van der Waals surface area contributed by atoms with Gasteiger partial charge in [0.15, 0.2) is 5.76 Å². The Labute approximate surface area is 227 Å². The lowest BCUT2D eigenvalue weighted by Crippen LogP contribution is -2.38. The van der Waals surface area contributed by atoms with E-state index < -0.39 is 21.3 Å². The second kappa shape index (κ2) is 10.8. The van der Waals surface area contributed by atoms with Crippen molar-refractivity contribution in [2.75, 3.05) is 12.0 Å². The standard InChI is InChI=1S/C30H30N2O4S2/c1-21-27(20-37-19-16-22-6-4-3-5-7-22)28(36-31-21)25-10-8-23(9-11-25)24-12-14-26(15-13-24)30(17-18-30)29(33)32-38(2,34)35/h3-15H,16-20H2,1-2H3,(H,32,33). The maximum Gasteiger partial charge on any atom is 0.244 e. The first-order chi connectivity index (χ1) is 18.2. The molecule has 1 amide bonds. The maximum atomic E-state index is 12.5. The van der Waals surface area contributed by atoms with Crippen LogP contribution in [0, 0.1) is 6.92 Å². The van der Waals surface area contributed by atoms with Gasteiger partial charge in [-0.3, -0.25) is 9.52 Å². The van der Waals surface area contributed by atoms with Crippen LogP contribution in [0.25, 0.3) is 22.5 Å². The number of hydrogen-bond donors (Lipinski definition) is 1. The van der Waals surface area contributed by atoms with E-state index in [4.69, 9.17) is 4.52 Å². The Morgan fingerprint density at radius 2 is 1.55 bits per heavy atom. The predicted molar refractivity (Wildman–Crippen MR) is 152 cm³/mol.